The molecule has 0 aromatic heterocycles. The Morgan fingerprint density at radius 2 is 1.61 bits per heavy atom. The lowest BCUT2D eigenvalue weighted by Crippen LogP contribution is -2.66. The van der Waals surface area contributed by atoms with Gasteiger partial charge in [0.1, 0.15) is 11.2 Å². The van der Waals surface area contributed by atoms with Crippen molar-refractivity contribution < 1.29 is 32.2 Å². The summed E-state index contributed by atoms with van der Waals surface area (Å²) in [6.07, 6.45) is 7.69. The predicted molar refractivity (Wildman–Crippen MR) is 172 cm³/mol. The van der Waals surface area contributed by atoms with Crippen molar-refractivity contribution in [2.24, 2.45) is 56.7 Å². The van der Waals surface area contributed by atoms with Gasteiger partial charge >= 0.3 is 12.3 Å². The van der Waals surface area contributed by atoms with E-state index in [-0.39, 0.29) is 39.6 Å². The van der Waals surface area contributed by atoms with Gasteiger partial charge in [0.15, 0.2) is 5.78 Å². The second-order valence-electron chi connectivity index (χ2n) is 16.8. The summed E-state index contributed by atoms with van der Waals surface area (Å²) < 4.78 is 47.7. The highest BCUT2D eigenvalue weighted by Crippen LogP contribution is 2.75. The molecular formula is C39H51F3O4. The zero-order valence-corrected chi connectivity index (χ0v) is 28.8. The highest BCUT2D eigenvalue weighted by Gasteiger charge is 2.70. The maximum atomic E-state index is 14.3. The Morgan fingerprint density at radius 3 is 2.24 bits per heavy atom. The Labute approximate surface area is 272 Å². The quantitative estimate of drug-likeness (QED) is 0.143. The van der Waals surface area contributed by atoms with Gasteiger partial charge in [-0.2, -0.15) is 0 Å². The van der Waals surface area contributed by atoms with Crippen LogP contribution in [0.3, 0.4) is 0 Å². The number of carbonyl (C=O) groups is 2. The van der Waals surface area contributed by atoms with Crippen LogP contribution in [0, 0.1) is 56.7 Å². The van der Waals surface area contributed by atoms with Crippen molar-refractivity contribution in [3.05, 3.63) is 47.1 Å². The zero-order chi connectivity index (χ0) is 33.7. The second-order valence-corrected chi connectivity index (χ2v) is 16.8. The van der Waals surface area contributed by atoms with E-state index in [9.17, 15) is 22.8 Å². The van der Waals surface area contributed by atoms with Crippen LogP contribution in [0.2, 0.25) is 0 Å². The van der Waals surface area contributed by atoms with Gasteiger partial charge in [0, 0.05) is 0 Å². The van der Waals surface area contributed by atoms with Gasteiger partial charge in [-0.3, -0.25) is 9.59 Å². The summed E-state index contributed by atoms with van der Waals surface area (Å²) in [5, 5.41) is 0. The molecule has 0 N–H and O–H groups in total. The van der Waals surface area contributed by atoms with E-state index in [4.69, 9.17) is 4.74 Å². The number of ketones is 1. The third-order valence-electron chi connectivity index (χ3n) is 14.8. The molecule has 0 radical (unpaired) electrons. The molecule has 4 saturated carbocycles. The van der Waals surface area contributed by atoms with Gasteiger partial charge in [-0.15, -0.1) is 13.2 Å². The molecule has 0 saturated heterocycles. The summed E-state index contributed by atoms with van der Waals surface area (Å²) in [5.74, 6) is 0.913. The lowest BCUT2D eigenvalue weighted by Gasteiger charge is -2.71. The fraction of sp³-hybridized carbons (Fsp3) is 0.692. The summed E-state index contributed by atoms with van der Waals surface area (Å²) in [5.41, 5.74) is 1.43. The summed E-state index contributed by atoms with van der Waals surface area (Å²) in [7, 11) is 1.35. The van der Waals surface area contributed by atoms with Gasteiger partial charge < -0.3 is 9.47 Å². The number of methoxy groups -OCH3 is 1. The van der Waals surface area contributed by atoms with Gasteiger partial charge in [0.05, 0.1) is 7.11 Å². The number of benzene rings is 1. The number of carbonyl (C=O) groups excluding carboxylic acids is 2. The first-order chi connectivity index (χ1) is 21.3. The highest BCUT2D eigenvalue weighted by molar-refractivity contribution is 6.15. The summed E-state index contributed by atoms with van der Waals surface area (Å²) >= 11 is 0. The van der Waals surface area contributed by atoms with E-state index in [1.165, 1.54) is 50.6 Å². The van der Waals surface area contributed by atoms with Crippen molar-refractivity contribution >= 4 is 17.8 Å². The molecule has 5 aliphatic carbocycles. The molecule has 0 amide bonds. The van der Waals surface area contributed by atoms with Crippen molar-refractivity contribution in [3.8, 4) is 5.75 Å². The average Bonchev–Trinajstić information content (AvgIpc) is 2.98. The van der Waals surface area contributed by atoms with Gasteiger partial charge in [-0.25, -0.2) is 0 Å². The maximum absolute atomic E-state index is 14.3. The second kappa shape index (κ2) is 10.7. The molecule has 0 aliphatic heterocycles. The number of Topliss-reactive ketones (excluding diaryl/α,β-unsaturated/α-hetero) is 1. The van der Waals surface area contributed by atoms with Crippen LogP contribution in [0.1, 0.15) is 105 Å². The van der Waals surface area contributed by atoms with E-state index >= 15 is 0 Å². The molecule has 4 nitrogen and oxygen atoms in total. The van der Waals surface area contributed by atoms with Crippen LogP contribution in [0.15, 0.2) is 41.5 Å². The number of esters is 1. The molecule has 1 aromatic carbocycles. The van der Waals surface area contributed by atoms with Gasteiger partial charge in [-0.05, 0) is 139 Å². The van der Waals surface area contributed by atoms with Crippen molar-refractivity contribution in [3.63, 3.8) is 0 Å². The first-order valence-corrected chi connectivity index (χ1v) is 17.2. The van der Waals surface area contributed by atoms with Crippen molar-refractivity contribution in [2.45, 2.75) is 106 Å². The molecule has 0 unspecified atom stereocenters. The standard InChI is InChI=1S/C39H51F3O4/c1-23-15-17-34(3)19-20-36(5)28(31(34)24(23)2)13-14-29-35(4)22-26(21-25-9-11-27(12-10-25)46-39(40,41)42)32(43)38(7,33(44)45-8)30(35)16-18-37(29,36)6/h9-13,21,23-24,29-31H,14-20,22H2,1-8H3/b26-21+/t23-,24+,29-,30-,31+,34-,35-,36-,37-,38-/m1/s1. The number of fused-ring (bicyclic) bond motifs is 7. The van der Waals surface area contributed by atoms with E-state index in [1.54, 1.807) is 18.6 Å². The molecule has 46 heavy (non-hydrogen) atoms. The van der Waals surface area contributed by atoms with Crippen LogP contribution in [-0.4, -0.2) is 25.2 Å². The molecule has 7 heteroatoms. The smallest absolute Gasteiger partial charge is 0.468 e. The van der Waals surface area contributed by atoms with Crippen LogP contribution in [0.5, 0.6) is 5.75 Å². The fourth-order valence-electron chi connectivity index (χ4n) is 11.9. The normalized spacial score (nSPS) is 44.7. The highest BCUT2D eigenvalue weighted by atomic mass is 19.4. The number of ether oxygens (including phenoxy) is 2. The molecule has 0 bridgehead atoms. The Bertz CT molecular complexity index is 1480. The number of rotatable bonds is 3. The van der Waals surface area contributed by atoms with Crippen LogP contribution >= 0.6 is 0 Å². The molecule has 4 fully saturated rings. The Hall–Kier alpha value is -2.57. The maximum Gasteiger partial charge on any atom is 0.573 e. The molecule has 1 aromatic rings. The van der Waals surface area contributed by atoms with Crippen LogP contribution in [-0.2, 0) is 14.3 Å². The van der Waals surface area contributed by atoms with Crippen molar-refractivity contribution in [1.29, 1.82) is 0 Å². The fourth-order valence-corrected chi connectivity index (χ4v) is 11.9. The Kier molecular flexibility index (Phi) is 7.77. The number of alkyl halides is 3. The van der Waals surface area contributed by atoms with Crippen molar-refractivity contribution in [1.82, 2.24) is 0 Å². The Morgan fingerprint density at radius 1 is 0.935 bits per heavy atom. The molecular weight excluding hydrogens is 589 g/mol. The monoisotopic (exact) mass is 640 g/mol. The SMILES string of the molecule is COC(=O)[C@@]1(C)C(=O)/C(=C/c2ccc(OC(F)(F)F)cc2)C[C@]2(C)[C@H]3CC=C4[C@@H]5[C@@H](C)[C@H](C)CC[C@]5(C)CC[C@@]4(C)[C@]3(C)CC[C@@H]12. The average molecular weight is 641 g/mol. The zero-order valence-electron chi connectivity index (χ0n) is 28.8. The summed E-state index contributed by atoms with van der Waals surface area (Å²) in [4.78, 5) is 28.0. The van der Waals surface area contributed by atoms with Gasteiger partial charge in [0.25, 0.3) is 0 Å². The molecule has 0 spiro atoms. The van der Waals surface area contributed by atoms with E-state index in [0.29, 0.717) is 40.7 Å². The third kappa shape index (κ3) is 4.67. The first kappa shape index (κ1) is 33.3. The molecule has 5 aliphatic rings. The third-order valence-corrected chi connectivity index (χ3v) is 14.8. The summed E-state index contributed by atoms with van der Waals surface area (Å²) in [6, 6.07) is 5.57. The number of hydrogen-bond donors (Lipinski definition) is 0. The topological polar surface area (TPSA) is 52.6 Å². The molecule has 6 rings (SSSR count). The predicted octanol–water partition coefficient (Wildman–Crippen LogP) is 9.98. The number of allylic oxidation sites excluding steroid dienone is 3. The van der Waals surface area contributed by atoms with Crippen LogP contribution < -0.4 is 4.74 Å². The number of halogens is 3. The van der Waals surface area contributed by atoms with E-state index < -0.39 is 17.7 Å². The lowest BCUT2D eigenvalue weighted by molar-refractivity contribution is -0.274. The lowest BCUT2D eigenvalue weighted by atomic mass is 9.33. The van der Waals surface area contributed by atoms with E-state index in [0.717, 1.165) is 25.7 Å². The van der Waals surface area contributed by atoms with Gasteiger partial charge in [0.2, 0.25) is 0 Å². The molecule has 0 heterocycles. The minimum Gasteiger partial charge on any atom is -0.468 e. The summed E-state index contributed by atoms with van der Waals surface area (Å²) in [6.45, 7) is 16.5. The van der Waals surface area contributed by atoms with E-state index in [2.05, 4.69) is 52.4 Å². The minimum absolute atomic E-state index is 0.0107. The van der Waals surface area contributed by atoms with Gasteiger partial charge in [-0.1, -0.05) is 65.3 Å². The van der Waals surface area contributed by atoms with Crippen molar-refractivity contribution in [2.75, 3.05) is 7.11 Å². The van der Waals surface area contributed by atoms with Crippen LogP contribution in [0.4, 0.5) is 13.2 Å². The number of hydrogen-bond acceptors (Lipinski definition) is 4. The molecule has 10 atom stereocenters. The first-order valence-electron chi connectivity index (χ1n) is 17.2. The largest absolute Gasteiger partial charge is 0.573 e. The Balaban J connectivity index is 1.43. The minimum atomic E-state index is -4.78. The van der Waals surface area contributed by atoms with E-state index in [1.807, 2.05) is 0 Å². The molecule has 252 valence electrons. The van der Waals surface area contributed by atoms with Crippen LogP contribution in [0.25, 0.3) is 6.08 Å².